The molecule has 0 aromatic heterocycles. The van der Waals surface area contributed by atoms with Gasteiger partial charge in [0.2, 0.25) is 6.10 Å². The van der Waals surface area contributed by atoms with E-state index in [4.69, 9.17) is 18.9 Å². The third kappa shape index (κ3) is 9.45. The van der Waals surface area contributed by atoms with Crippen molar-refractivity contribution in [3.05, 3.63) is 0 Å². The molecule has 0 aliphatic carbocycles. The molecule has 0 amide bonds. The first-order valence-electron chi connectivity index (χ1n) is 8.71. The van der Waals surface area contributed by atoms with E-state index in [9.17, 15) is 29.1 Å². The number of rotatable bonds is 11. The maximum atomic E-state index is 12.7. The van der Waals surface area contributed by atoms with Crippen LogP contribution in [0.3, 0.4) is 0 Å². The summed E-state index contributed by atoms with van der Waals surface area (Å²) in [6.07, 6.45) is -6.34. The lowest BCUT2D eigenvalue weighted by molar-refractivity contribution is -0.201. The van der Waals surface area contributed by atoms with Crippen molar-refractivity contribution >= 4 is 29.7 Å². The SMILES string of the molecule is CC(=O)O[C@H]([C@H](OC(C)=O)[C@@H](OC(C)=O)C(=O)CC(C)C)[C@@H](CO)OC(C)=O. The summed E-state index contributed by atoms with van der Waals surface area (Å²) in [7, 11) is 0. The topological polar surface area (TPSA) is 142 Å². The Labute approximate surface area is 163 Å². The molecule has 0 spiro atoms. The fourth-order valence-corrected chi connectivity index (χ4v) is 2.47. The molecule has 0 aliphatic heterocycles. The van der Waals surface area contributed by atoms with E-state index in [-0.39, 0.29) is 12.3 Å². The van der Waals surface area contributed by atoms with E-state index in [2.05, 4.69) is 0 Å². The highest BCUT2D eigenvalue weighted by atomic mass is 16.6. The molecule has 0 fully saturated rings. The van der Waals surface area contributed by atoms with Crippen LogP contribution in [0.1, 0.15) is 48.0 Å². The molecule has 0 heterocycles. The Balaban J connectivity index is 6.20. The number of hydrogen-bond acceptors (Lipinski definition) is 10. The van der Waals surface area contributed by atoms with Crippen LogP contribution < -0.4 is 0 Å². The average Bonchev–Trinajstić information content (AvgIpc) is 2.52. The lowest BCUT2D eigenvalue weighted by Gasteiger charge is -2.34. The van der Waals surface area contributed by atoms with Crippen molar-refractivity contribution in [1.82, 2.24) is 0 Å². The number of aliphatic hydroxyl groups is 1. The number of ketones is 1. The van der Waals surface area contributed by atoms with Gasteiger partial charge in [-0.1, -0.05) is 13.8 Å². The van der Waals surface area contributed by atoms with Crippen molar-refractivity contribution in [2.45, 2.75) is 72.4 Å². The van der Waals surface area contributed by atoms with Crippen molar-refractivity contribution in [2.24, 2.45) is 5.92 Å². The van der Waals surface area contributed by atoms with Crippen molar-refractivity contribution in [2.75, 3.05) is 6.61 Å². The predicted molar refractivity (Wildman–Crippen MR) is 93.8 cm³/mol. The monoisotopic (exact) mass is 404 g/mol. The lowest BCUT2D eigenvalue weighted by Crippen LogP contribution is -2.55. The van der Waals surface area contributed by atoms with Crippen molar-refractivity contribution in [3.63, 3.8) is 0 Å². The number of aliphatic hydroxyl groups excluding tert-OH is 1. The van der Waals surface area contributed by atoms with Gasteiger partial charge in [0.15, 0.2) is 24.1 Å². The summed E-state index contributed by atoms with van der Waals surface area (Å²) < 4.78 is 20.2. The zero-order chi connectivity index (χ0) is 22.0. The first kappa shape index (κ1) is 25.5. The molecule has 10 heteroatoms. The van der Waals surface area contributed by atoms with Gasteiger partial charge in [-0.15, -0.1) is 0 Å². The maximum absolute atomic E-state index is 12.7. The van der Waals surface area contributed by atoms with Gasteiger partial charge < -0.3 is 24.1 Å². The second kappa shape index (κ2) is 12.1. The maximum Gasteiger partial charge on any atom is 0.303 e. The van der Waals surface area contributed by atoms with E-state index in [1.165, 1.54) is 0 Å². The van der Waals surface area contributed by atoms with Crippen molar-refractivity contribution in [3.8, 4) is 0 Å². The van der Waals surface area contributed by atoms with Crippen LogP contribution in [0.15, 0.2) is 0 Å². The molecule has 28 heavy (non-hydrogen) atoms. The summed E-state index contributed by atoms with van der Waals surface area (Å²) in [5, 5.41) is 9.59. The first-order valence-corrected chi connectivity index (χ1v) is 8.71. The van der Waals surface area contributed by atoms with Crippen LogP contribution >= 0.6 is 0 Å². The normalized spacial score (nSPS) is 15.0. The highest BCUT2D eigenvalue weighted by Crippen LogP contribution is 2.22. The van der Waals surface area contributed by atoms with Crippen LogP contribution in [-0.4, -0.2) is 65.8 Å². The van der Waals surface area contributed by atoms with E-state index in [1.54, 1.807) is 13.8 Å². The van der Waals surface area contributed by atoms with Crippen molar-refractivity contribution in [1.29, 1.82) is 0 Å². The fourth-order valence-electron chi connectivity index (χ4n) is 2.47. The number of ether oxygens (including phenoxy) is 4. The van der Waals surface area contributed by atoms with Crippen molar-refractivity contribution < 1.29 is 48.0 Å². The Morgan fingerprint density at radius 1 is 0.714 bits per heavy atom. The molecule has 0 aromatic rings. The number of Topliss-reactive ketones (excluding diaryl/α,β-unsaturated/α-hetero) is 1. The van der Waals surface area contributed by atoms with Gasteiger partial charge in [0.05, 0.1) is 6.61 Å². The van der Waals surface area contributed by atoms with Gasteiger partial charge in [-0.2, -0.15) is 0 Å². The molecule has 0 aliphatic rings. The van der Waals surface area contributed by atoms with E-state index < -0.39 is 60.7 Å². The van der Waals surface area contributed by atoms with E-state index >= 15 is 0 Å². The molecular formula is C18H28O10. The summed E-state index contributed by atoms with van der Waals surface area (Å²) in [6.45, 7) is 6.89. The number of hydrogen-bond donors (Lipinski definition) is 1. The Bertz CT molecular complexity index is 583. The fraction of sp³-hybridized carbons (Fsp3) is 0.722. The highest BCUT2D eigenvalue weighted by Gasteiger charge is 2.45. The third-order valence-corrected chi connectivity index (χ3v) is 3.31. The standard InChI is InChI=1S/C18H28O10/c1-9(2)7-14(24)16(26-11(4)21)18(28-13(6)23)17(27-12(5)22)15(8-19)25-10(3)20/h9,15-19H,7-8H2,1-6H3/t15-,16+,17+,18-/m1/s1. The smallest absolute Gasteiger partial charge is 0.303 e. The molecule has 0 aromatic carbocycles. The average molecular weight is 404 g/mol. The van der Waals surface area contributed by atoms with Crippen LogP contribution in [0.5, 0.6) is 0 Å². The summed E-state index contributed by atoms with van der Waals surface area (Å²) in [5.41, 5.74) is 0. The molecule has 0 saturated carbocycles. The lowest BCUT2D eigenvalue weighted by atomic mass is 9.94. The van der Waals surface area contributed by atoms with E-state index in [0.29, 0.717) is 0 Å². The van der Waals surface area contributed by atoms with Gasteiger partial charge in [0.1, 0.15) is 0 Å². The third-order valence-electron chi connectivity index (χ3n) is 3.31. The first-order chi connectivity index (χ1) is 12.9. The Morgan fingerprint density at radius 2 is 1.14 bits per heavy atom. The van der Waals surface area contributed by atoms with Gasteiger partial charge in [-0.05, 0) is 5.92 Å². The van der Waals surface area contributed by atoms with Crippen LogP contribution in [-0.2, 0) is 42.9 Å². The zero-order valence-electron chi connectivity index (χ0n) is 16.9. The predicted octanol–water partition coefficient (Wildman–Crippen LogP) is 0.321. The minimum Gasteiger partial charge on any atom is -0.456 e. The summed E-state index contributed by atoms with van der Waals surface area (Å²) in [4.78, 5) is 58.7. The summed E-state index contributed by atoms with van der Waals surface area (Å²) in [6, 6.07) is 0. The van der Waals surface area contributed by atoms with Gasteiger partial charge in [0.25, 0.3) is 0 Å². The van der Waals surface area contributed by atoms with Gasteiger partial charge in [0, 0.05) is 34.1 Å². The van der Waals surface area contributed by atoms with Crippen LogP contribution in [0.25, 0.3) is 0 Å². The number of carbonyl (C=O) groups excluding carboxylic acids is 5. The molecule has 4 atom stereocenters. The molecule has 10 nitrogen and oxygen atoms in total. The highest BCUT2D eigenvalue weighted by molar-refractivity contribution is 5.86. The zero-order valence-corrected chi connectivity index (χ0v) is 16.9. The summed E-state index contributed by atoms with van der Waals surface area (Å²) in [5.74, 6) is -4.07. The minimum absolute atomic E-state index is 0.0279. The van der Waals surface area contributed by atoms with E-state index in [1.807, 2.05) is 0 Å². The molecule has 0 bridgehead atoms. The Morgan fingerprint density at radius 3 is 1.50 bits per heavy atom. The van der Waals surface area contributed by atoms with Crippen LogP contribution in [0.2, 0.25) is 0 Å². The molecule has 0 unspecified atom stereocenters. The molecule has 1 N–H and O–H groups in total. The second-order valence-corrected chi connectivity index (χ2v) is 6.57. The quantitative estimate of drug-likeness (QED) is 0.378. The Kier molecular flexibility index (Phi) is 11.0. The van der Waals surface area contributed by atoms with Gasteiger partial charge >= 0.3 is 23.9 Å². The summed E-state index contributed by atoms with van der Waals surface area (Å²) >= 11 is 0. The molecule has 0 rings (SSSR count). The van der Waals surface area contributed by atoms with Gasteiger partial charge in [-0.25, -0.2) is 0 Å². The van der Waals surface area contributed by atoms with Crippen LogP contribution in [0.4, 0.5) is 0 Å². The van der Waals surface area contributed by atoms with Gasteiger partial charge in [-0.3, -0.25) is 24.0 Å². The Hall–Kier alpha value is -2.49. The molecule has 160 valence electrons. The molecule has 0 radical (unpaired) electrons. The number of esters is 4. The van der Waals surface area contributed by atoms with Crippen LogP contribution in [0, 0.1) is 5.92 Å². The number of carbonyl (C=O) groups is 5. The largest absolute Gasteiger partial charge is 0.456 e. The molecular weight excluding hydrogens is 376 g/mol. The minimum atomic E-state index is -1.63. The second-order valence-electron chi connectivity index (χ2n) is 6.57. The molecule has 0 saturated heterocycles. The van der Waals surface area contributed by atoms with E-state index in [0.717, 1.165) is 27.7 Å².